The smallest absolute Gasteiger partial charge is 0.243 e. The first-order valence-corrected chi connectivity index (χ1v) is 11.3. The van der Waals surface area contributed by atoms with Gasteiger partial charge in [-0.1, -0.05) is 13.0 Å². The third-order valence-electron chi connectivity index (χ3n) is 5.09. The second-order valence-corrected chi connectivity index (χ2v) is 8.62. The molecular weight excluding hydrogens is 408 g/mol. The van der Waals surface area contributed by atoms with E-state index in [0.717, 1.165) is 37.2 Å². The summed E-state index contributed by atoms with van der Waals surface area (Å²) in [5.74, 6) is 0.679. The standard InChI is InChI=1S/C19H28N6O2S2/c1-3-8-20-16(26)12-24-9-6-14(7-10-24)21-18(27)13(2)25-17(22-23-19(25)28)15-5-4-11-29-15/h4-5,11,13-14H,3,6-10,12H2,1-2H3,(H,20,26)(H,21,27)(H,23,28). The van der Waals surface area contributed by atoms with Crippen molar-refractivity contribution in [3.8, 4) is 10.7 Å². The first-order valence-electron chi connectivity index (χ1n) is 9.99. The van der Waals surface area contributed by atoms with Crippen molar-refractivity contribution < 1.29 is 9.59 Å². The molecule has 3 heterocycles. The van der Waals surface area contributed by atoms with Gasteiger partial charge in [0.2, 0.25) is 11.8 Å². The fraction of sp³-hybridized carbons (Fsp3) is 0.579. The average molecular weight is 437 g/mol. The van der Waals surface area contributed by atoms with Crippen molar-refractivity contribution in [2.75, 3.05) is 26.2 Å². The molecule has 29 heavy (non-hydrogen) atoms. The zero-order valence-electron chi connectivity index (χ0n) is 16.8. The number of likely N-dealkylation sites (tertiary alicyclic amines) is 1. The van der Waals surface area contributed by atoms with Gasteiger partial charge in [0.25, 0.3) is 0 Å². The summed E-state index contributed by atoms with van der Waals surface area (Å²) in [6.07, 6.45) is 2.59. The molecule has 0 saturated carbocycles. The van der Waals surface area contributed by atoms with Crippen LogP contribution in [0, 0.1) is 4.77 Å². The zero-order valence-corrected chi connectivity index (χ0v) is 18.4. The number of aromatic nitrogens is 3. The summed E-state index contributed by atoms with van der Waals surface area (Å²) in [7, 11) is 0. The highest BCUT2D eigenvalue weighted by atomic mass is 32.1. The number of carbonyl (C=O) groups is 2. The summed E-state index contributed by atoms with van der Waals surface area (Å²) in [4.78, 5) is 27.8. The molecule has 1 aliphatic rings. The van der Waals surface area contributed by atoms with E-state index in [1.807, 2.05) is 31.4 Å². The zero-order chi connectivity index (χ0) is 20.8. The molecule has 0 radical (unpaired) electrons. The van der Waals surface area contributed by atoms with E-state index >= 15 is 0 Å². The van der Waals surface area contributed by atoms with Crippen molar-refractivity contribution in [1.82, 2.24) is 30.3 Å². The summed E-state index contributed by atoms with van der Waals surface area (Å²) in [6, 6.07) is 3.55. The monoisotopic (exact) mass is 436 g/mol. The molecule has 0 bridgehead atoms. The van der Waals surface area contributed by atoms with Crippen LogP contribution in [-0.4, -0.2) is 63.7 Å². The van der Waals surface area contributed by atoms with Gasteiger partial charge in [-0.15, -0.1) is 11.3 Å². The molecule has 1 fully saturated rings. The number of thiophene rings is 1. The largest absolute Gasteiger partial charge is 0.355 e. The molecule has 1 unspecified atom stereocenters. The van der Waals surface area contributed by atoms with E-state index in [2.05, 4.69) is 25.7 Å². The number of H-pyrrole nitrogens is 1. The van der Waals surface area contributed by atoms with E-state index in [1.165, 1.54) is 0 Å². The topological polar surface area (TPSA) is 95.1 Å². The molecular formula is C19H28N6O2S2. The van der Waals surface area contributed by atoms with E-state index in [1.54, 1.807) is 15.9 Å². The van der Waals surface area contributed by atoms with Crippen molar-refractivity contribution in [2.45, 2.75) is 45.2 Å². The summed E-state index contributed by atoms with van der Waals surface area (Å²) in [5, 5.41) is 15.1. The first-order chi connectivity index (χ1) is 14.0. The van der Waals surface area contributed by atoms with Crippen LogP contribution < -0.4 is 10.6 Å². The van der Waals surface area contributed by atoms with Crippen LogP contribution >= 0.6 is 23.6 Å². The minimum absolute atomic E-state index is 0.0680. The molecule has 2 aromatic heterocycles. The lowest BCUT2D eigenvalue weighted by Crippen LogP contribution is -2.48. The Balaban J connectivity index is 1.54. The maximum absolute atomic E-state index is 12.9. The minimum Gasteiger partial charge on any atom is -0.355 e. The van der Waals surface area contributed by atoms with Crippen LogP contribution in [-0.2, 0) is 9.59 Å². The molecule has 2 amide bonds. The molecule has 10 heteroatoms. The molecule has 3 rings (SSSR count). The number of nitrogens with one attached hydrogen (secondary N) is 3. The fourth-order valence-corrected chi connectivity index (χ4v) is 4.44. The lowest BCUT2D eigenvalue weighted by molar-refractivity contribution is -0.126. The predicted octanol–water partition coefficient (Wildman–Crippen LogP) is 2.34. The van der Waals surface area contributed by atoms with Crippen LogP contribution in [0.4, 0.5) is 0 Å². The van der Waals surface area contributed by atoms with E-state index in [0.29, 0.717) is 23.7 Å². The van der Waals surface area contributed by atoms with Crippen LogP contribution in [0.3, 0.4) is 0 Å². The maximum Gasteiger partial charge on any atom is 0.243 e. The summed E-state index contributed by atoms with van der Waals surface area (Å²) in [6.45, 7) is 6.61. The van der Waals surface area contributed by atoms with Crippen LogP contribution in [0.5, 0.6) is 0 Å². The number of rotatable bonds is 8. The van der Waals surface area contributed by atoms with Gasteiger partial charge in [-0.25, -0.2) is 0 Å². The van der Waals surface area contributed by atoms with Gasteiger partial charge in [0.05, 0.1) is 11.4 Å². The molecule has 8 nitrogen and oxygen atoms in total. The Kier molecular flexibility index (Phi) is 7.57. The lowest BCUT2D eigenvalue weighted by Gasteiger charge is -2.32. The van der Waals surface area contributed by atoms with Crippen LogP contribution in [0.1, 0.15) is 39.2 Å². The molecule has 1 atom stereocenters. The Bertz CT molecular complexity index is 868. The van der Waals surface area contributed by atoms with Gasteiger partial charge in [-0.3, -0.25) is 24.2 Å². The van der Waals surface area contributed by atoms with Crippen molar-refractivity contribution in [1.29, 1.82) is 0 Å². The highest BCUT2D eigenvalue weighted by molar-refractivity contribution is 7.71. The number of hydrogen-bond donors (Lipinski definition) is 3. The Morgan fingerprint density at radius 3 is 2.83 bits per heavy atom. The summed E-state index contributed by atoms with van der Waals surface area (Å²) >= 11 is 6.92. The molecule has 0 spiro atoms. The Morgan fingerprint density at radius 2 is 2.17 bits per heavy atom. The van der Waals surface area contributed by atoms with E-state index < -0.39 is 6.04 Å². The molecule has 0 aliphatic carbocycles. The average Bonchev–Trinajstić information content (AvgIpc) is 3.36. The highest BCUT2D eigenvalue weighted by Gasteiger charge is 2.26. The molecule has 0 aromatic carbocycles. The molecule has 158 valence electrons. The van der Waals surface area contributed by atoms with E-state index in [4.69, 9.17) is 12.2 Å². The SMILES string of the molecule is CCCNC(=O)CN1CCC(NC(=O)C(C)n2c(-c3cccs3)n[nH]c2=S)CC1. The van der Waals surface area contributed by atoms with Crippen molar-refractivity contribution >= 4 is 35.4 Å². The van der Waals surface area contributed by atoms with Gasteiger partial charge in [0, 0.05) is 25.7 Å². The highest BCUT2D eigenvalue weighted by Crippen LogP contribution is 2.25. The number of aromatic amines is 1. The predicted molar refractivity (Wildman–Crippen MR) is 116 cm³/mol. The quantitative estimate of drug-likeness (QED) is 0.552. The summed E-state index contributed by atoms with van der Waals surface area (Å²) < 4.78 is 2.20. The van der Waals surface area contributed by atoms with Crippen molar-refractivity contribution in [3.05, 3.63) is 22.3 Å². The third kappa shape index (κ3) is 5.52. The molecule has 1 saturated heterocycles. The van der Waals surface area contributed by atoms with Crippen LogP contribution in [0.15, 0.2) is 17.5 Å². The maximum atomic E-state index is 12.9. The second kappa shape index (κ2) is 10.1. The van der Waals surface area contributed by atoms with E-state index in [-0.39, 0.29) is 17.9 Å². The van der Waals surface area contributed by atoms with Gasteiger partial charge in [-0.05, 0) is 49.9 Å². The van der Waals surface area contributed by atoms with Crippen molar-refractivity contribution in [3.63, 3.8) is 0 Å². The van der Waals surface area contributed by atoms with Gasteiger partial charge in [-0.2, -0.15) is 5.10 Å². The second-order valence-electron chi connectivity index (χ2n) is 7.28. The molecule has 2 aromatic rings. The number of carbonyl (C=O) groups excluding carboxylic acids is 2. The normalized spacial score (nSPS) is 16.5. The van der Waals surface area contributed by atoms with Gasteiger partial charge in [0.15, 0.2) is 10.6 Å². The Labute approximate surface area is 179 Å². The van der Waals surface area contributed by atoms with Crippen LogP contribution in [0.2, 0.25) is 0 Å². The molecule has 1 aliphatic heterocycles. The number of hydrogen-bond acceptors (Lipinski definition) is 6. The number of piperidine rings is 1. The first kappa shape index (κ1) is 21.7. The van der Waals surface area contributed by atoms with Gasteiger partial charge in [0.1, 0.15) is 6.04 Å². The Morgan fingerprint density at radius 1 is 1.41 bits per heavy atom. The number of amides is 2. The van der Waals surface area contributed by atoms with E-state index in [9.17, 15) is 9.59 Å². The van der Waals surface area contributed by atoms with Gasteiger partial charge < -0.3 is 10.6 Å². The minimum atomic E-state index is -0.462. The molecule has 3 N–H and O–H groups in total. The Hall–Kier alpha value is -2.04. The third-order valence-corrected chi connectivity index (χ3v) is 6.24. The summed E-state index contributed by atoms with van der Waals surface area (Å²) in [5.41, 5.74) is 0. The van der Waals surface area contributed by atoms with Crippen LogP contribution in [0.25, 0.3) is 10.7 Å². The van der Waals surface area contributed by atoms with Crippen molar-refractivity contribution in [2.24, 2.45) is 0 Å². The lowest BCUT2D eigenvalue weighted by atomic mass is 10.0. The van der Waals surface area contributed by atoms with Gasteiger partial charge >= 0.3 is 0 Å². The number of nitrogens with zero attached hydrogens (tertiary/aromatic N) is 3. The fourth-order valence-electron chi connectivity index (χ4n) is 3.44.